The maximum atomic E-state index is 11.3. The van der Waals surface area contributed by atoms with Crippen LogP contribution in [0.25, 0.3) is 27.2 Å². The van der Waals surface area contributed by atoms with E-state index in [1.165, 1.54) is 6.07 Å². The van der Waals surface area contributed by atoms with Crippen LogP contribution in [0.2, 0.25) is 0 Å². The Labute approximate surface area is 113 Å². The van der Waals surface area contributed by atoms with Crippen molar-refractivity contribution in [1.82, 2.24) is 9.61 Å². The number of hydrogen-bond acceptors (Lipinski definition) is 3. The van der Waals surface area contributed by atoms with Crippen LogP contribution in [0.5, 0.6) is 0 Å². The summed E-state index contributed by atoms with van der Waals surface area (Å²) in [5.74, 6) is 0. The van der Waals surface area contributed by atoms with Crippen LogP contribution in [-0.4, -0.2) is 14.5 Å². The lowest BCUT2D eigenvalue weighted by atomic mass is 10.0. The number of aromatic nitrogens is 2. The van der Waals surface area contributed by atoms with Crippen molar-refractivity contribution in [3.8, 4) is 0 Å². The highest BCUT2D eigenvalue weighted by Crippen LogP contribution is 2.34. The molecule has 0 fully saturated rings. The highest BCUT2D eigenvalue weighted by Gasteiger charge is 2.17. The molecular weight excluding hydrogens is 254 g/mol. The third-order valence-electron chi connectivity index (χ3n) is 3.56. The van der Waals surface area contributed by atoms with E-state index in [9.17, 15) is 10.1 Å². The molecule has 0 amide bonds. The van der Waals surface area contributed by atoms with Crippen molar-refractivity contribution in [3.05, 3.63) is 64.8 Å². The monoisotopic (exact) mass is 263 g/mol. The number of fused-ring (bicyclic) bond motifs is 6. The number of rotatable bonds is 1. The van der Waals surface area contributed by atoms with Crippen LogP contribution >= 0.6 is 0 Å². The molecule has 2 aromatic heterocycles. The Morgan fingerprint density at radius 3 is 2.55 bits per heavy atom. The smallest absolute Gasteiger partial charge is 0.258 e. The molecule has 0 unspecified atom stereocenters. The summed E-state index contributed by atoms with van der Waals surface area (Å²) in [6.45, 7) is 0. The second-order valence-corrected chi connectivity index (χ2v) is 4.60. The summed E-state index contributed by atoms with van der Waals surface area (Å²) in [7, 11) is 0. The zero-order valence-corrected chi connectivity index (χ0v) is 10.4. The average Bonchev–Trinajstić information content (AvgIpc) is 2.96. The normalized spacial score (nSPS) is 11.4. The first-order valence-corrected chi connectivity index (χ1v) is 6.19. The van der Waals surface area contributed by atoms with Crippen LogP contribution < -0.4 is 0 Å². The molecule has 5 heteroatoms. The summed E-state index contributed by atoms with van der Waals surface area (Å²) in [4.78, 5) is 11.0. The Kier molecular flexibility index (Phi) is 2.06. The summed E-state index contributed by atoms with van der Waals surface area (Å²) in [5.41, 5.74) is 1.81. The Bertz CT molecular complexity index is 988. The number of hydrogen-bond donors (Lipinski definition) is 0. The molecule has 4 rings (SSSR count). The second kappa shape index (κ2) is 3.77. The topological polar surface area (TPSA) is 60.4 Å². The molecule has 0 radical (unpaired) electrons. The van der Waals surface area contributed by atoms with Gasteiger partial charge in [-0.3, -0.25) is 10.1 Å². The molecule has 5 nitrogen and oxygen atoms in total. The van der Waals surface area contributed by atoms with Crippen LogP contribution in [0.15, 0.2) is 54.7 Å². The quantitative estimate of drug-likeness (QED) is 0.300. The third kappa shape index (κ3) is 1.29. The number of non-ortho nitro benzene ring substituents is 1. The molecular formula is C15H9N3O2. The van der Waals surface area contributed by atoms with Gasteiger partial charge in [0.15, 0.2) is 0 Å². The number of nitrogens with zero attached hydrogens (tertiary/aromatic N) is 3. The van der Waals surface area contributed by atoms with E-state index >= 15 is 0 Å². The Morgan fingerprint density at radius 2 is 1.75 bits per heavy atom. The van der Waals surface area contributed by atoms with Crippen molar-refractivity contribution in [2.24, 2.45) is 0 Å². The lowest BCUT2D eigenvalue weighted by Crippen LogP contribution is -1.96. The summed E-state index contributed by atoms with van der Waals surface area (Å²) in [6.07, 6.45) is 1.71. The van der Waals surface area contributed by atoms with Crippen molar-refractivity contribution < 1.29 is 4.92 Å². The number of benzene rings is 2. The van der Waals surface area contributed by atoms with E-state index < -0.39 is 0 Å². The molecule has 0 N–H and O–H groups in total. The van der Waals surface area contributed by atoms with Gasteiger partial charge in [-0.05, 0) is 12.1 Å². The van der Waals surface area contributed by atoms with Gasteiger partial charge in [0.25, 0.3) is 5.69 Å². The minimum atomic E-state index is -0.343. The van der Waals surface area contributed by atoms with E-state index in [0.717, 1.165) is 21.8 Å². The first kappa shape index (κ1) is 10.9. The van der Waals surface area contributed by atoms with E-state index in [-0.39, 0.29) is 10.6 Å². The first-order valence-electron chi connectivity index (χ1n) is 6.19. The molecule has 0 aliphatic carbocycles. The Balaban J connectivity index is 2.43. The fraction of sp³-hybridized carbons (Fsp3) is 0. The van der Waals surface area contributed by atoms with Gasteiger partial charge in [0.1, 0.15) is 0 Å². The van der Waals surface area contributed by atoms with Crippen molar-refractivity contribution >= 4 is 32.9 Å². The highest BCUT2D eigenvalue weighted by atomic mass is 16.6. The highest BCUT2D eigenvalue weighted by molar-refractivity contribution is 6.15. The molecule has 0 spiro atoms. The largest absolute Gasteiger partial charge is 0.279 e. The molecule has 0 aliphatic rings. The molecule has 20 heavy (non-hydrogen) atoms. The predicted octanol–water partition coefficient (Wildman–Crippen LogP) is 3.55. The van der Waals surface area contributed by atoms with E-state index in [2.05, 4.69) is 5.10 Å². The maximum Gasteiger partial charge on any atom is 0.279 e. The second-order valence-electron chi connectivity index (χ2n) is 4.60. The van der Waals surface area contributed by atoms with Gasteiger partial charge in [0.2, 0.25) is 0 Å². The minimum Gasteiger partial charge on any atom is -0.258 e. The summed E-state index contributed by atoms with van der Waals surface area (Å²) in [5, 5.41) is 18.1. The van der Waals surface area contributed by atoms with Crippen molar-refractivity contribution in [2.75, 3.05) is 0 Å². The summed E-state index contributed by atoms with van der Waals surface area (Å²) in [6, 6.07) is 14.7. The van der Waals surface area contributed by atoms with Gasteiger partial charge in [0.05, 0.1) is 27.5 Å². The molecule has 96 valence electrons. The van der Waals surface area contributed by atoms with E-state index in [4.69, 9.17) is 0 Å². The van der Waals surface area contributed by atoms with Crippen LogP contribution in [0.4, 0.5) is 5.69 Å². The molecule has 0 saturated heterocycles. The standard InChI is InChI=1S/C15H9N3O2/c19-18(20)14-7-3-6-13-15(14)11-5-2-1-4-10(11)12-8-9-16-17(12)13/h1-9H. The lowest BCUT2D eigenvalue weighted by molar-refractivity contribution is -0.383. The van der Waals surface area contributed by atoms with Gasteiger partial charge in [-0.25, -0.2) is 4.52 Å². The minimum absolute atomic E-state index is 0.108. The van der Waals surface area contributed by atoms with Crippen molar-refractivity contribution in [3.63, 3.8) is 0 Å². The zero-order valence-electron chi connectivity index (χ0n) is 10.4. The molecule has 2 heterocycles. The van der Waals surface area contributed by atoms with Gasteiger partial charge in [-0.2, -0.15) is 5.10 Å². The number of nitro groups is 1. The lowest BCUT2D eigenvalue weighted by Gasteiger charge is -2.08. The molecule has 2 aromatic carbocycles. The van der Waals surface area contributed by atoms with Crippen LogP contribution in [0.3, 0.4) is 0 Å². The van der Waals surface area contributed by atoms with E-state index in [1.807, 2.05) is 36.4 Å². The fourth-order valence-electron chi connectivity index (χ4n) is 2.76. The summed E-state index contributed by atoms with van der Waals surface area (Å²) >= 11 is 0. The number of nitro benzene ring substituents is 1. The predicted molar refractivity (Wildman–Crippen MR) is 76.9 cm³/mol. The van der Waals surface area contributed by atoms with E-state index in [1.54, 1.807) is 16.8 Å². The molecule has 4 aromatic rings. The summed E-state index contributed by atoms with van der Waals surface area (Å²) < 4.78 is 1.75. The molecule has 0 atom stereocenters. The molecule has 0 bridgehead atoms. The first-order chi connectivity index (χ1) is 9.77. The zero-order chi connectivity index (χ0) is 13.7. The van der Waals surface area contributed by atoms with Crippen LogP contribution in [0.1, 0.15) is 0 Å². The molecule has 0 saturated carbocycles. The van der Waals surface area contributed by atoms with Gasteiger partial charge >= 0.3 is 0 Å². The van der Waals surface area contributed by atoms with Gasteiger partial charge in [0, 0.05) is 16.8 Å². The van der Waals surface area contributed by atoms with Gasteiger partial charge in [-0.1, -0.05) is 30.3 Å². The SMILES string of the molecule is O=[N+]([O-])c1cccc2c1c1ccccc1c1ccnn12. The van der Waals surface area contributed by atoms with Crippen molar-refractivity contribution in [2.45, 2.75) is 0 Å². The number of pyridine rings is 1. The Morgan fingerprint density at radius 1 is 0.950 bits per heavy atom. The van der Waals surface area contributed by atoms with Crippen LogP contribution in [0, 0.1) is 10.1 Å². The van der Waals surface area contributed by atoms with E-state index in [0.29, 0.717) is 5.39 Å². The third-order valence-corrected chi connectivity index (χ3v) is 3.56. The molecule has 0 aliphatic heterocycles. The van der Waals surface area contributed by atoms with Gasteiger partial charge < -0.3 is 0 Å². The fourth-order valence-corrected chi connectivity index (χ4v) is 2.76. The maximum absolute atomic E-state index is 11.3. The van der Waals surface area contributed by atoms with Crippen LogP contribution in [-0.2, 0) is 0 Å². The Hall–Kier alpha value is -2.95. The van der Waals surface area contributed by atoms with Crippen molar-refractivity contribution in [1.29, 1.82) is 0 Å². The average molecular weight is 263 g/mol. The van der Waals surface area contributed by atoms with Gasteiger partial charge in [-0.15, -0.1) is 0 Å².